The molecular formula is C21H23ClN2O2. The molecule has 2 aromatic rings. The van der Waals surface area contributed by atoms with Crippen LogP contribution < -0.4 is 5.32 Å². The first-order chi connectivity index (χ1) is 12.4. The molecule has 0 aromatic heterocycles. The summed E-state index contributed by atoms with van der Waals surface area (Å²) < 4.78 is 0. The maximum absolute atomic E-state index is 12.6. The molecule has 0 atom stereocenters. The number of hydrogen-bond acceptors (Lipinski definition) is 2. The van der Waals surface area contributed by atoms with Gasteiger partial charge in [-0.3, -0.25) is 9.59 Å². The Hall–Kier alpha value is -2.33. The molecule has 0 saturated carbocycles. The predicted octanol–water partition coefficient (Wildman–Crippen LogP) is 4.45. The van der Waals surface area contributed by atoms with Crippen LogP contribution in [0.1, 0.15) is 34.3 Å². The summed E-state index contributed by atoms with van der Waals surface area (Å²) in [6, 6.07) is 13.0. The van der Waals surface area contributed by atoms with Crippen LogP contribution in [-0.4, -0.2) is 29.8 Å². The zero-order valence-electron chi connectivity index (χ0n) is 15.1. The Kier molecular flexibility index (Phi) is 5.62. The fourth-order valence-electron chi connectivity index (χ4n) is 3.23. The first kappa shape index (κ1) is 18.5. The van der Waals surface area contributed by atoms with E-state index in [4.69, 9.17) is 11.6 Å². The zero-order chi connectivity index (χ0) is 18.7. The smallest absolute Gasteiger partial charge is 0.253 e. The van der Waals surface area contributed by atoms with Gasteiger partial charge in [0, 0.05) is 35.3 Å². The summed E-state index contributed by atoms with van der Waals surface area (Å²) in [4.78, 5) is 26.9. The molecule has 3 rings (SSSR count). The van der Waals surface area contributed by atoms with Gasteiger partial charge in [-0.2, -0.15) is 0 Å². The van der Waals surface area contributed by atoms with Crippen molar-refractivity contribution in [1.82, 2.24) is 4.90 Å². The molecule has 1 N–H and O–H groups in total. The molecule has 136 valence electrons. The minimum absolute atomic E-state index is 0.00458. The van der Waals surface area contributed by atoms with E-state index in [1.54, 1.807) is 24.3 Å². The van der Waals surface area contributed by atoms with Crippen molar-refractivity contribution in [3.05, 3.63) is 64.2 Å². The second kappa shape index (κ2) is 7.92. The summed E-state index contributed by atoms with van der Waals surface area (Å²) in [7, 11) is 0. The number of hydrogen-bond donors (Lipinski definition) is 1. The van der Waals surface area contributed by atoms with Gasteiger partial charge in [0.2, 0.25) is 5.91 Å². The van der Waals surface area contributed by atoms with Gasteiger partial charge >= 0.3 is 0 Å². The molecule has 1 aliphatic heterocycles. The molecule has 0 bridgehead atoms. The fourth-order valence-corrected chi connectivity index (χ4v) is 3.35. The van der Waals surface area contributed by atoms with Gasteiger partial charge in [0.25, 0.3) is 5.91 Å². The van der Waals surface area contributed by atoms with Crippen LogP contribution in [0.25, 0.3) is 0 Å². The maximum Gasteiger partial charge on any atom is 0.253 e. The van der Waals surface area contributed by atoms with Crippen LogP contribution in [-0.2, 0) is 4.79 Å². The Balaban J connectivity index is 1.57. The molecule has 26 heavy (non-hydrogen) atoms. The van der Waals surface area contributed by atoms with Crippen LogP contribution >= 0.6 is 11.6 Å². The number of amides is 2. The summed E-state index contributed by atoms with van der Waals surface area (Å²) >= 11 is 5.87. The lowest BCUT2D eigenvalue weighted by molar-refractivity contribution is -0.121. The lowest BCUT2D eigenvalue weighted by Crippen LogP contribution is -2.41. The lowest BCUT2D eigenvalue weighted by atomic mass is 9.95. The van der Waals surface area contributed by atoms with Crippen molar-refractivity contribution in [2.24, 2.45) is 5.92 Å². The van der Waals surface area contributed by atoms with Crippen molar-refractivity contribution in [1.29, 1.82) is 0 Å². The molecule has 2 amide bonds. The van der Waals surface area contributed by atoms with Gasteiger partial charge in [-0.1, -0.05) is 23.7 Å². The van der Waals surface area contributed by atoms with E-state index in [2.05, 4.69) is 5.32 Å². The third-order valence-corrected chi connectivity index (χ3v) is 5.15. The van der Waals surface area contributed by atoms with Gasteiger partial charge in [-0.05, 0) is 68.1 Å². The first-order valence-electron chi connectivity index (χ1n) is 8.87. The number of piperidine rings is 1. The van der Waals surface area contributed by atoms with Crippen molar-refractivity contribution in [2.75, 3.05) is 18.4 Å². The summed E-state index contributed by atoms with van der Waals surface area (Å²) in [6.45, 7) is 5.18. The van der Waals surface area contributed by atoms with E-state index in [0.717, 1.165) is 16.8 Å². The molecule has 2 aromatic carbocycles. The number of anilines is 1. The Morgan fingerprint density at radius 3 is 2.35 bits per heavy atom. The number of benzene rings is 2. The predicted molar refractivity (Wildman–Crippen MR) is 105 cm³/mol. The number of aryl methyl sites for hydroxylation is 2. The van der Waals surface area contributed by atoms with Crippen LogP contribution in [0.2, 0.25) is 5.02 Å². The third-order valence-electron chi connectivity index (χ3n) is 4.90. The molecule has 1 heterocycles. The molecule has 4 nitrogen and oxygen atoms in total. The van der Waals surface area contributed by atoms with E-state index in [9.17, 15) is 9.59 Å². The number of nitrogens with one attached hydrogen (secondary N) is 1. The van der Waals surface area contributed by atoms with E-state index in [1.165, 1.54) is 0 Å². The first-order valence-corrected chi connectivity index (χ1v) is 9.25. The van der Waals surface area contributed by atoms with Gasteiger partial charge in [0.15, 0.2) is 0 Å². The zero-order valence-corrected chi connectivity index (χ0v) is 15.8. The summed E-state index contributed by atoms with van der Waals surface area (Å²) in [6.07, 6.45) is 1.35. The van der Waals surface area contributed by atoms with Crippen LogP contribution in [0.3, 0.4) is 0 Å². The van der Waals surface area contributed by atoms with Crippen LogP contribution in [0.5, 0.6) is 0 Å². The van der Waals surface area contributed by atoms with Gasteiger partial charge in [-0.15, -0.1) is 0 Å². The Morgan fingerprint density at radius 2 is 1.69 bits per heavy atom. The Labute approximate surface area is 159 Å². The minimum atomic E-state index is -0.0656. The molecule has 1 fully saturated rings. The minimum Gasteiger partial charge on any atom is -0.339 e. The van der Waals surface area contributed by atoms with Crippen LogP contribution in [0, 0.1) is 19.8 Å². The number of carbonyl (C=O) groups is 2. The second-order valence-electron chi connectivity index (χ2n) is 6.88. The molecule has 0 aliphatic carbocycles. The topological polar surface area (TPSA) is 49.4 Å². The molecule has 0 unspecified atom stereocenters. The highest BCUT2D eigenvalue weighted by Gasteiger charge is 2.28. The van der Waals surface area contributed by atoms with Crippen molar-refractivity contribution >= 4 is 29.1 Å². The Bertz CT molecular complexity index is 809. The van der Waals surface area contributed by atoms with E-state index < -0.39 is 0 Å². The summed E-state index contributed by atoms with van der Waals surface area (Å²) in [5.41, 5.74) is 3.68. The van der Waals surface area contributed by atoms with Crippen molar-refractivity contribution in [3.8, 4) is 0 Å². The number of nitrogens with zero attached hydrogens (tertiary/aromatic N) is 1. The number of likely N-dealkylation sites (tertiary alicyclic amines) is 1. The summed E-state index contributed by atoms with van der Waals surface area (Å²) in [5, 5.41) is 3.66. The van der Waals surface area contributed by atoms with Crippen molar-refractivity contribution < 1.29 is 9.59 Å². The molecule has 0 radical (unpaired) electrons. The number of halogens is 1. The molecule has 5 heteroatoms. The largest absolute Gasteiger partial charge is 0.339 e. The molecule has 0 spiro atoms. The highest BCUT2D eigenvalue weighted by molar-refractivity contribution is 6.30. The highest BCUT2D eigenvalue weighted by atomic mass is 35.5. The standard InChI is InChI=1S/C21H23ClN2O2/c1-14-3-4-15(2)19(13-14)23-20(25)16-9-11-24(12-10-16)21(26)17-5-7-18(22)8-6-17/h3-8,13,16H,9-12H2,1-2H3,(H,23,25). The van der Waals surface area contributed by atoms with Crippen molar-refractivity contribution in [2.45, 2.75) is 26.7 Å². The molecular weight excluding hydrogens is 348 g/mol. The van der Waals surface area contributed by atoms with E-state index in [1.807, 2.05) is 36.9 Å². The fraction of sp³-hybridized carbons (Fsp3) is 0.333. The van der Waals surface area contributed by atoms with E-state index in [-0.39, 0.29) is 17.7 Å². The third kappa shape index (κ3) is 4.25. The number of rotatable bonds is 3. The lowest BCUT2D eigenvalue weighted by Gasteiger charge is -2.31. The maximum atomic E-state index is 12.6. The average Bonchev–Trinajstić information content (AvgIpc) is 2.65. The quantitative estimate of drug-likeness (QED) is 0.867. The van der Waals surface area contributed by atoms with Gasteiger partial charge in [0.1, 0.15) is 0 Å². The molecule has 1 saturated heterocycles. The van der Waals surface area contributed by atoms with Gasteiger partial charge in [-0.25, -0.2) is 0 Å². The van der Waals surface area contributed by atoms with E-state index in [0.29, 0.717) is 36.5 Å². The monoisotopic (exact) mass is 370 g/mol. The Morgan fingerprint density at radius 1 is 1.04 bits per heavy atom. The average molecular weight is 371 g/mol. The number of carbonyl (C=O) groups excluding carboxylic acids is 2. The molecule has 1 aliphatic rings. The SMILES string of the molecule is Cc1ccc(C)c(NC(=O)C2CCN(C(=O)c3ccc(Cl)cc3)CC2)c1. The van der Waals surface area contributed by atoms with Crippen LogP contribution in [0.4, 0.5) is 5.69 Å². The van der Waals surface area contributed by atoms with E-state index >= 15 is 0 Å². The van der Waals surface area contributed by atoms with Crippen molar-refractivity contribution in [3.63, 3.8) is 0 Å². The highest BCUT2D eigenvalue weighted by Crippen LogP contribution is 2.23. The van der Waals surface area contributed by atoms with Crippen LogP contribution in [0.15, 0.2) is 42.5 Å². The normalized spacial score (nSPS) is 15.0. The van der Waals surface area contributed by atoms with Gasteiger partial charge in [0.05, 0.1) is 0 Å². The van der Waals surface area contributed by atoms with Gasteiger partial charge < -0.3 is 10.2 Å². The second-order valence-corrected chi connectivity index (χ2v) is 7.32. The summed E-state index contributed by atoms with van der Waals surface area (Å²) in [5.74, 6) is -0.0310.